The van der Waals surface area contributed by atoms with Crippen molar-refractivity contribution in [1.29, 1.82) is 0 Å². The minimum absolute atomic E-state index is 0.115. The summed E-state index contributed by atoms with van der Waals surface area (Å²) in [7, 11) is 0. The Bertz CT molecular complexity index is 1020. The minimum atomic E-state index is -0.269. The van der Waals surface area contributed by atoms with Crippen LogP contribution >= 0.6 is 0 Å². The van der Waals surface area contributed by atoms with Gasteiger partial charge in [0, 0.05) is 30.4 Å². The van der Waals surface area contributed by atoms with Crippen molar-refractivity contribution in [3.05, 3.63) is 78.9 Å². The van der Waals surface area contributed by atoms with E-state index in [0.717, 1.165) is 17.9 Å². The summed E-state index contributed by atoms with van der Waals surface area (Å²) in [5.41, 5.74) is 1.45. The molecule has 1 N–H and O–H groups in total. The number of hydrogen-bond donors (Lipinski definition) is 1. The number of anilines is 2. The fourth-order valence-corrected chi connectivity index (χ4v) is 3.24. The molecule has 6 nitrogen and oxygen atoms in total. The van der Waals surface area contributed by atoms with Crippen LogP contribution in [0.3, 0.4) is 0 Å². The second-order valence-electron chi connectivity index (χ2n) is 6.92. The van der Waals surface area contributed by atoms with E-state index in [1.165, 1.54) is 0 Å². The Morgan fingerprint density at radius 2 is 1.63 bits per heavy atom. The first-order valence-electron chi connectivity index (χ1n) is 9.83. The fourth-order valence-electron chi connectivity index (χ4n) is 3.24. The third-order valence-electron chi connectivity index (χ3n) is 4.69. The monoisotopic (exact) mass is 402 g/mol. The molecule has 1 aliphatic rings. The van der Waals surface area contributed by atoms with E-state index in [-0.39, 0.29) is 18.4 Å². The van der Waals surface area contributed by atoms with Crippen LogP contribution in [0, 0.1) is 0 Å². The molecule has 2 amide bonds. The molecular weight excluding hydrogens is 380 g/mol. The van der Waals surface area contributed by atoms with Gasteiger partial charge in [0.15, 0.2) is 6.61 Å². The Hall–Kier alpha value is -3.80. The van der Waals surface area contributed by atoms with Gasteiger partial charge in [-0.3, -0.25) is 9.59 Å². The molecule has 30 heavy (non-hydrogen) atoms. The van der Waals surface area contributed by atoms with Crippen LogP contribution in [0.5, 0.6) is 17.2 Å². The van der Waals surface area contributed by atoms with Gasteiger partial charge in [-0.1, -0.05) is 24.3 Å². The highest BCUT2D eigenvalue weighted by molar-refractivity contribution is 5.95. The van der Waals surface area contributed by atoms with Crippen molar-refractivity contribution >= 4 is 23.2 Å². The Labute approximate surface area is 175 Å². The van der Waals surface area contributed by atoms with Crippen molar-refractivity contribution in [1.82, 2.24) is 0 Å². The first kappa shape index (κ1) is 19.5. The molecule has 0 radical (unpaired) electrons. The summed E-state index contributed by atoms with van der Waals surface area (Å²) in [4.78, 5) is 25.9. The number of carbonyl (C=O) groups excluding carboxylic acids is 2. The van der Waals surface area contributed by atoms with Gasteiger partial charge < -0.3 is 19.7 Å². The molecule has 4 rings (SSSR count). The zero-order valence-corrected chi connectivity index (χ0v) is 16.4. The van der Waals surface area contributed by atoms with Crippen molar-refractivity contribution in [3.63, 3.8) is 0 Å². The van der Waals surface area contributed by atoms with E-state index < -0.39 is 0 Å². The van der Waals surface area contributed by atoms with E-state index in [0.29, 0.717) is 30.2 Å². The second-order valence-corrected chi connectivity index (χ2v) is 6.92. The van der Waals surface area contributed by atoms with Gasteiger partial charge in [-0.15, -0.1) is 0 Å². The van der Waals surface area contributed by atoms with Crippen LogP contribution in [0.4, 0.5) is 11.4 Å². The molecule has 1 heterocycles. The number of ether oxygens (including phenoxy) is 2. The van der Waals surface area contributed by atoms with Crippen LogP contribution in [-0.4, -0.2) is 25.0 Å². The molecule has 1 saturated heterocycles. The van der Waals surface area contributed by atoms with E-state index in [9.17, 15) is 9.59 Å². The van der Waals surface area contributed by atoms with Gasteiger partial charge in [0.1, 0.15) is 17.2 Å². The number of para-hydroxylation sites is 1. The van der Waals surface area contributed by atoms with Gasteiger partial charge in [0.05, 0.1) is 0 Å². The highest BCUT2D eigenvalue weighted by Gasteiger charge is 2.21. The maximum absolute atomic E-state index is 12.2. The lowest BCUT2D eigenvalue weighted by Gasteiger charge is -2.16. The van der Waals surface area contributed by atoms with Gasteiger partial charge in [-0.2, -0.15) is 0 Å². The molecule has 3 aromatic carbocycles. The molecule has 1 fully saturated rings. The Balaban J connectivity index is 1.29. The van der Waals surface area contributed by atoms with Crippen molar-refractivity contribution < 1.29 is 19.1 Å². The maximum atomic E-state index is 12.2. The molecule has 0 spiro atoms. The van der Waals surface area contributed by atoms with Crippen molar-refractivity contribution in [2.75, 3.05) is 23.4 Å². The first-order chi connectivity index (χ1) is 14.7. The van der Waals surface area contributed by atoms with Gasteiger partial charge in [0.2, 0.25) is 5.91 Å². The summed E-state index contributed by atoms with van der Waals surface area (Å²) in [6, 6.07) is 23.9. The van der Waals surface area contributed by atoms with E-state index in [4.69, 9.17) is 9.47 Å². The molecule has 1 aliphatic heterocycles. The number of nitrogens with one attached hydrogen (secondary N) is 1. The number of nitrogens with zero attached hydrogens (tertiary/aromatic N) is 1. The quantitative estimate of drug-likeness (QED) is 0.626. The van der Waals surface area contributed by atoms with E-state index in [1.54, 1.807) is 41.3 Å². The predicted octanol–water partition coefficient (Wildman–Crippen LogP) is 4.62. The molecular formula is C24H22N2O4. The number of carbonyl (C=O) groups is 2. The first-order valence-corrected chi connectivity index (χ1v) is 9.83. The smallest absolute Gasteiger partial charge is 0.262 e. The summed E-state index contributed by atoms with van der Waals surface area (Å²) < 4.78 is 11.3. The molecule has 0 unspecified atom stereocenters. The third-order valence-corrected chi connectivity index (χ3v) is 4.69. The van der Waals surface area contributed by atoms with Crippen LogP contribution in [0.2, 0.25) is 0 Å². The normalized spacial score (nSPS) is 13.2. The predicted molar refractivity (Wildman–Crippen MR) is 115 cm³/mol. The summed E-state index contributed by atoms with van der Waals surface area (Å²) in [6.45, 7) is 0.590. The standard InChI is InChI=1S/C24H22N2O4/c27-23(17-29-22-9-4-6-19(16-22)26-15-5-10-24(26)28)25-18-11-13-21(14-12-18)30-20-7-2-1-3-8-20/h1-4,6-9,11-14,16H,5,10,15,17H2,(H,25,27). The number of amides is 2. The molecule has 0 atom stereocenters. The van der Waals surface area contributed by atoms with Crippen LogP contribution < -0.4 is 19.7 Å². The van der Waals surface area contributed by atoms with Crippen molar-refractivity contribution in [2.45, 2.75) is 12.8 Å². The molecule has 0 saturated carbocycles. The summed E-state index contributed by atoms with van der Waals surface area (Å²) >= 11 is 0. The number of rotatable bonds is 7. The van der Waals surface area contributed by atoms with Gasteiger partial charge in [-0.05, 0) is 55.0 Å². The van der Waals surface area contributed by atoms with Gasteiger partial charge >= 0.3 is 0 Å². The average Bonchev–Trinajstić information content (AvgIpc) is 3.21. The molecule has 3 aromatic rings. The lowest BCUT2D eigenvalue weighted by atomic mass is 10.2. The molecule has 6 heteroatoms. The van der Waals surface area contributed by atoms with Crippen LogP contribution in [0.1, 0.15) is 12.8 Å². The largest absolute Gasteiger partial charge is 0.484 e. The van der Waals surface area contributed by atoms with Gasteiger partial charge in [-0.25, -0.2) is 0 Å². The SMILES string of the molecule is O=C(COc1cccc(N2CCCC2=O)c1)Nc1ccc(Oc2ccccc2)cc1. The highest BCUT2D eigenvalue weighted by Crippen LogP contribution is 2.26. The second kappa shape index (κ2) is 9.13. The average molecular weight is 402 g/mol. The zero-order chi connectivity index (χ0) is 20.8. The van der Waals surface area contributed by atoms with Gasteiger partial charge in [0.25, 0.3) is 5.91 Å². The minimum Gasteiger partial charge on any atom is -0.484 e. The molecule has 0 aliphatic carbocycles. The van der Waals surface area contributed by atoms with Crippen LogP contribution in [-0.2, 0) is 9.59 Å². The van der Waals surface area contributed by atoms with E-state index >= 15 is 0 Å². The Morgan fingerprint density at radius 1 is 0.900 bits per heavy atom. The maximum Gasteiger partial charge on any atom is 0.262 e. The Kier molecular flexibility index (Phi) is 5.94. The van der Waals surface area contributed by atoms with E-state index in [2.05, 4.69) is 5.32 Å². The van der Waals surface area contributed by atoms with Crippen LogP contribution in [0.15, 0.2) is 78.9 Å². The van der Waals surface area contributed by atoms with Crippen molar-refractivity contribution in [3.8, 4) is 17.2 Å². The summed E-state index contributed by atoms with van der Waals surface area (Å²) in [5.74, 6) is 1.83. The highest BCUT2D eigenvalue weighted by atomic mass is 16.5. The number of hydrogen-bond acceptors (Lipinski definition) is 4. The van der Waals surface area contributed by atoms with E-state index in [1.807, 2.05) is 42.5 Å². The fraction of sp³-hybridized carbons (Fsp3) is 0.167. The molecule has 0 aromatic heterocycles. The molecule has 152 valence electrons. The topological polar surface area (TPSA) is 67.9 Å². The van der Waals surface area contributed by atoms with Crippen LogP contribution in [0.25, 0.3) is 0 Å². The molecule has 0 bridgehead atoms. The lowest BCUT2D eigenvalue weighted by Crippen LogP contribution is -2.24. The summed E-state index contributed by atoms with van der Waals surface area (Å²) in [5, 5.41) is 2.80. The number of benzene rings is 3. The van der Waals surface area contributed by atoms with Crippen molar-refractivity contribution in [2.24, 2.45) is 0 Å². The zero-order valence-electron chi connectivity index (χ0n) is 16.4. The Morgan fingerprint density at radius 3 is 2.37 bits per heavy atom. The lowest BCUT2D eigenvalue weighted by molar-refractivity contribution is -0.118. The third kappa shape index (κ3) is 4.97. The summed E-state index contributed by atoms with van der Waals surface area (Å²) in [6.07, 6.45) is 1.43.